The molecule has 0 radical (unpaired) electrons. The van der Waals surface area contributed by atoms with Crippen molar-refractivity contribution < 1.29 is 52.1 Å². The largest absolute Gasteiger partial charge is 0.422 e. The van der Waals surface area contributed by atoms with Crippen LogP contribution >= 0.6 is 0 Å². The molecule has 1 aromatic carbocycles. The topological polar surface area (TPSA) is 139 Å². The molecular weight excluding hydrogens is 443 g/mol. The van der Waals surface area contributed by atoms with Crippen LogP contribution in [0.2, 0.25) is 0 Å². The number of ketones is 2. The molecule has 2 fully saturated rings. The van der Waals surface area contributed by atoms with Crippen LogP contribution in [0.3, 0.4) is 0 Å². The Morgan fingerprint density at radius 1 is 0.758 bits per heavy atom. The maximum atomic E-state index is 14.2. The molecule has 2 saturated heterocycles. The van der Waals surface area contributed by atoms with E-state index in [1.165, 1.54) is 45.9 Å². The number of esters is 4. The molecular formula is C22H19FO10. The Morgan fingerprint density at radius 3 is 1.48 bits per heavy atom. The number of halogens is 1. The summed E-state index contributed by atoms with van der Waals surface area (Å²) in [6, 6.07) is 4.94. The summed E-state index contributed by atoms with van der Waals surface area (Å²) in [5, 5.41) is 0. The molecule has 0 amide bonds. The Kier molecular flexibility index (Phi) is 5.93. The highest BCUT2D eigenvalue weighted by atomic mass is 19.1. The van der Waals surface area contributed by atoms with Crippen molar-refractivity contribution in [2.75, 3.05) is 0 Å². The molecule has 11 heteroatoms. The van der Waals surface area contributed by atoms with Crippen molar-refractivity contribution >= 4 is 41.5 Å². The van der Waals surface area contributed by atoms with E-state index in [0.717, 1.165) is 12.1 Å². The minimum absolute atomic E-state index is 0.287. The summed E-state index contributed by atoms with van der Waals surface area (Å²) in [5.74, 6) is -16.8. The smallest absolute Gasteiger partial charge is 0.331 e. The van der Waals surface area contributed by atoms with Gasteiger partial charge in [-0.25, -0.2) is 4.39 Å². The number of Topliss-reactive ketones (excluding diaryl/α,β-unsaturated/α-hetero) is 2. The lowest BCUT2D eigenvalue weighted by atomic mass is 9.87. The molecule has 0 unspecified atom stereocenters. The Morgan fingerprint density at radius 2 is 1.12 bits per heavy atom. The summed E-state index contributed by atoms with van der Waals surface area (Å²) >= 11 is 0. The molecule has 2 heterocycles. The van der Waals surface area contributed by atoms with Gasteiger partial charge in [-0.3, -0.25) is 28.8 Å². The van der Waals surface area contributed by atoms with Gasteiger partial charge in [-0.15, -0.1) is 0 Å². The van der Waals surface area contributed by atoms with Crippen LogP contribution in [0.15, 0.2) is 29.8 Å². The Hall–Kier alpha value is -3.89. The first-order valence-electron chi connectivity index (χ1n) is 9.68. The van der Waals surface area contributed by atoms with Crippen LogP contribution in [0, 0.1) is 17.7 Å². The second-order valence-electron chi connectivity index (χ2n) is 8.16. The van der Waals surface area contributed by atoms with Gasteiger partial charge < -0.3 is 18.9 Å². The number of hydrogen-bond donors (Lipinski definition) is 0. The summed E-state index contributed by atoms with van der Waals surface area (Å²) in [6.45, 7) is 5.00. The van der Waals surface area contributed by atoms with Crippen LogP contribution in [0.5, 0.6) is 0 Å². The zero-order chi connectivity index (χ0) is 24.7. The molecule has 10 nitrogen and oxygen atoms in total. The van der Waals surface area contributed by atoms with E-state index >= 15 is 0 Å². The van der Waals surface area contributed by atoms with Gasteiger partial charge in [0, 0.05) is 33.3 Å². The van der Waals surface area contributed by atoms with Crippen molar-refractivity contribution in [1.29, 1.82) is 0 Å². The fourth-order valence-electron chi connectivity index (χ4n) is 3.19. The average molecular weight is 462 g/mol. The molecule has 0 saturated carbocycles. The van der Waals surface area contributed by atoms with Crippen LogP contribution < -0.4 is 0 Å². The predicted molar refractivity (Wildman–Crippen MR) is 104 cm³/mol. The second kappa shape index (κ2) is 8.23. The average Bonchev–Trinajstić information content (AvgIpc) is 2.63. The molecule has 0 aromatic heterocycles. The van der Waals surface area contributed by atoms with Crippen molar-refractivity contribution in [3.8, 4) is 0 Å². The van der Waals surface area contributed by atoms with Crippen LogP contribution in [0.4, 0.5) is 4.39 Å². The summed E-state index contributed by atoms with van der Waals surface area (Å²) in [7, 11) is 0. The molecule has 2 aliphatic rings. The molecule has 174 valence electrons. The van der Waals surface area contributed by atoms with Gasteiger partial charge in [-0.1, -0.05) is 18.2 Å². The van der Waals surface area contributed by atoms with Gasteiger partial charge in [0.05, 0.1) is 5.57 Å². The van der Waals surface area contributed by atoms with Gasteiger partial charge in [-0.05, 0) is 12.1 Å². The van der Waals surface area contributed by atoms with Gasteiger partial charge in [0.25, 0.3) is 11.6 Å². The maximum absolute atomic E-state index is 14.2. The fourth-order valence-corrected chi connectivity index (χ4v) is 3.19. The van der Waals surface area contributed by atoms with Crippen molar-refractivity contribution in [3.63, 3.8) is 0 Å². The highest BCUT2D eigenvalue weighted by Crippen LogP contribution is 2.30. The third-order valence-electron chi connectivity index (χ3n) is 4.59. The Labute approximate surface area is 186 Å². The molecule has 33 heavy (non-hydrogen) atoms. The quantitative estimate of drug-likeness (QED) is 0.272. The van der Waals surface area contributed by atoms with E-state index in [-0.39, 0.29) is 5.56 Å². The Balaban J connectivity index is 2.07. The lowest BCUT2D eigenvalue weighted by molar-refractivity contribution is -0.239. The van der Waals surface area contributed by atoms with E-state index < -0.39 is 70.2 Å². The number of cyclic esters (lactones) is 4. The number of ether oxygens (including phenoxy) is 4. The number of hydrogen-bond acceptors (Lipinski definition) is 10. The van der Waals surface area contributed by atoms with Crippen molar-refractivity contribution in [3.05, 3.63) is 41.2 Å². The molecule has 0 bridgehead atoms. The number of allylic oxidation sites excluding steroid dienone is 1. The molecule has 0 aliphatic carbocycles. The standard InChI is InChI=1S/C22H19FO10/c1-21(2)30-17(26)13(18(27)31-21)15(24)11(9-10-7-5-6-8-12(10)23)16(25)14-19(28)32-22(3,4)33-20(14)29/h5-9,13-14H,1-4H3. The lowest BCUT2D eigenvalue weighted by Gasteiger charge is -2.33. The summed E-state index contributed by atoms with van der Waals surface area (Å²) in [4.78, 5) is 75.7. The molecule has 1 aromatic rings. The fraction of sp³-hybridized carbons (Fsp3) is 0.364. The highest BCUT2D eigenvalue weighted by Gasteiger charge is 2.53. The summed E-state index contributed by atoms with van der Waals surface area (Å²) in [5.41, 5.74) is -1.28. The van der Waals surface area contributed by atoms with E-state index in [1.54, 1.807) is 0 Å². The first-order chi connectivity index (χ1) is 15.2. The maximum Gasteiger partial charge on any atom is 0.331 e. The van der Waals surface area contributed by atoms with Gasteiger partial charge in [0.15, 0.2) is 11.6 Å². The molecule has 0 atom stereocenters. The van der Waals surface area contributed by atoms with Gasteiger partial charge >= 0.3 is 23.9 Å². The number of carbonyl (C=O) groups excluding carboxylic acids is 6. The third kappa shape index (κ3) is 4.81. The van der Waals surface area contributed by atoms with Crippen LogP contribution in [-0.4, -0.2) is 47.0 Å². The first kappa shape index (κ1) is 23.8. The van der Waals surface area contributed by atoms with Crippen molar-refractivity contribution in [2.45, 2.75) is 39.3 Å². The van der Waals surface area contributed by atoms with E-state index in [0.29, 0.717) is 0 Å². The number of benzene rings is 1. The SMILES string of the molecule is CC1(C)OC(=O)C(C(=O)C(=Cc2ccccc2F)C(=O)C2C(=O)OC(C)(C)OC2=O)C(=O)O1. The van der Waals surface area contributed by atoms with Crippen LogP contribution in [0.1, 0.15) is 33.3 Å². The minimum atomic E-state index is -2.23. The molecule has 3 rings (SSSR count). The van der Waals surface area contributed by atoms with Gasteiger partial charge in [0.2, 0.25) is 11.8 Å². The number of rotatable bonds is 5. The lowest BCUT2D eigenvalue weighted by Crippen LogP contribution is -2.52. The van der Waals surface area contributed by atoms with E-state index in [2.05, 4.69) is 0 Å². The van der Waals surface area contributed by atoms with Gasteiger partial charge in [0.1, 0.15) is 5.82 Å². The van der Waals surface area contributed by atoms with Crippen molar-refractivity contribution in [2.24, 2.45) is 11.8 Å². The second-order valence-corrected chi connectivity index (χ2v) is 8.16. The molecule has 0 spiro atoms. The molecule has 0 N–H and O–H groups in total. The predicted octanol–water partition coefficient (Wildman–Crippen LogP) is 1.25. The molecule has 2 aliphatic heterocycles. The third-order valence-corrected chi connectivity index (χ3v) is 4.59. The summed E-state index contributed by atoms with van der Waals surface area (Å²) in [6.07, 6.45) is 0.723. The minimum Gasteiger partial charge on any atom is -0.422 e. The summed E-state index contributed by atoms with van der Waals surface area (Å²) < 4.78 is 33.8. The van der Waals surface area contributed by atoms with Crippen LogP contribution in [-0.2, 0) is 47.7 Å². The number of carbonyl (C=O) groups is 6. The Bertz CT molecular complexity index is 1010. The zero-order valence-corrected chi connectivity index (χ0v) is 18.0. The van der Waals surface area contributed by atoms with Crippen LogP contribution in [0.25, 0.3) is 6.08 Å². The normalized spacial score (nSPS) is 20.2. The highest BCUT2D eigenvalue weighted by molar-refractivity contribution is 6.37. The van der Waals surface area contributed by atoms with E-state index in [4.69, 9.17) is 18.9 Å². The van der Waals surface area contributed by atoms with E-state index in [1.807, 2.05) is 0 Å². The van der Waals surface area contributed by atoms with E-state index in [9.17, 15) is 33.2 Å². The van der Waals surface area contributed by atoms with Gasteiger partial charge in [-0.2, -0.15) is 0 Å². The zero-order valence-electron chi connectivity index (χ0n) is 18.0. The monoisotopic (exact) mass is 462 g/mol. The van der Waals surface area contributed by atoms with Crippen molar-refractivity contribution in [1.82, 2.24) is 0 Å². The first-order valence-corrected chi connectivity index (χ1v) is 9.68.